The minimum Gasteiger partial charge on any atom is -0.511 e. The van der Waals surface area contributed by atoms with Crippen molar-refractivity contribution in [3.05, 3.63) is 122 Å². The smallest absolute Gasteiger partial charge is 0.511 e. The van der Waals surface area contributed by atoms with Crippen LogP contribution in [-0.4, -0.2) is 29.5 Å². The fourth-order valence-corrected chi connectivity index (χ4v) is 3.46. The Morgan fingerprint density at radius 2 is 0.972 bits per heavy atom. The van der Waals surface area contributed by atoms with Crippen LogP contribution in [0.1, 0.15) is 0 Å². The van der Waals surface area contributed by atoms with Gasteiger partial charge in [0, 0.05) is 24.2 Å². The molecule has 8 heteroatoms. The molecule has 0 bridgehead atoms. The maximum atomic E-state index is 6.02. The van der Waals surface area contributed by atoms with E-state index >= 15 is 0 Å². The van der Waals surface area contributed by atoms with Gasteiger partial charge in [0.2, 0.25) is 0 Å². The van der Waals surface area contributed by atoms with E-state index in [1.54, 1.807) is 9.36 Å². The number of rotatable bonds is 6. The number of hydrogen-bond donors (Lipinski definition) is 0. The van der Waals surface area contributed by atoms with Gasteiger partial charge in [-0.1, -0.05) is 60.7 Å². The molecule has 6 rings (SSSR count). The third-order valence-electron chi connectivity index (χ3n) is 5.14. The number of aromatic nitrogens is 6. The van der Waals surface area contributed by atoms with Gasteiger partial charge < -0.3 is 24.1 Å². The van der Waals surface area contributed by atoms with Crippen LogP contribution in [0.25, 0.3) is 34.2 Å². The molecule has 36 heavy (non-hydrogen) atoms. The van der Waals surface area contributed by atoms with Gasteiger partial charge >= 0.3 is 21.1 Å². The molecule has 0 aliphatic heterocycles. The van der Waals surface area contributed by atoms with Gasteiger partial charge in [0.15, 0.2) is 0 Å². The maximum absolute atomic E-state index is 6.02. The quantitative estimate of drug-likeness (QED) is 0.234. The molecular weight excluding hydrogens is 631 g/mol. The molecule has 0 amide bonds. The Labute approximate surface area is 222 Å². The third kappa shape index (κ3) is 5.02. The summed E-state index contributed by atoms with van der Waals surface area (Å²) < 4.78 is 9.12. The molecule has 0 atom stereocenters. The van der Waals surface area contributed by atoms with Gasteiger partial charge in [0.1, 0.15) is 0 Å². The molecule has 4 aromatic carbocycles. The fraction of sp³-hybridized carbons (Fsp3) is 0. The van der Waals surface area contributed by atoms with Gasteiger partial charge in [-0.25, -0.2) is 22.3 Å². The van der Waals surface area contributed by atoms with Crippen molar-refractivity contribution < 1.29 is 25.8 Å². The topological polar surface area (TPSA) is 70.7 Å². The van der Waals surface area contributed by atoms with E-state index in [1.807, 2.05) is 97.1 Å². The summed E-state index contributed by atoms with van der Waals surface area (Å²) >= 11 is 0. The summed E-state index contributed by atoms with van der Waals surface area (Å²) in [5.74, 6) is 2.19. The molecule has 0 aliphatic carbocycles. The van der Waals surface area contributed by atoms with Crippen LogP contribution in [-0.2, 0) is 21.1 Å². The Hall–Kier alpha value is -4.35. The molecule has 0 saturated heterocycles. The molecule has 0 spiro atoms. The molecule has 174 valence electrons. The predicted octanol–water partition coefficient (Wildman–Crippen LogP) is 5.17. The van der Waals surface area contributed by atoms with Gasteiger partial charge in [-0.2, -0.15) is 24.3 Å². The molecule has 0 fully saturated rings. The van der Waals surface area contributed by atoms with Crippen LogP contribution < -0.4 is 4.74 Å². The number of benzene rings is 4. The first-order chi connectivity index (χ1) is 17.3. The standard InChI is InChI=1S/C28H16N6O.Pt/c1-3-9-21(10-4-1)27-29-19-33(31-27)23-13-7-15-25(17-23)35-26-16-8-14-24(18-26)34-20-30-28(32-34)22-11-5-2-6-12-22;/h1-16H;/q-4;+4. The monoisotopic (exact) mass is 647 g/mol. The number of ether oxygens (including phenoxy) is 1. The molecule has 6 aromatic rings. The Morgan fingerprint density at radius 1 is 0.528 bits per heavy atom. The molecular formula is C28H16N6OPt. The average Bonchev–Trinajstić information content (AvgIpc) is 3.61. The molecule has 0 radical (unpaired) electrons. The largest absolute Gasteiger partial charge is 4.00 e. The molecule has 0 aliphatic rings. The maximum Gasteiger partial charge on any atom is 4.00 e. The van der Waals surface area contributed by atoms with Crippen molar-refractivity contribution >= 4 is 0 Å². The zero-order valence-corrected chi connectivity index (χ0v) is 20.9. The van der Waals surface area contributed by atoms with Crippen molar-refractivity contribution in [2.24, 2.45) is 0 Å². The fourth-order valence-electron chi connectivity index (χ4n) is 3.46. The average molecular weight is 648 g/mol. The van der Waals surface area contributed by atoms with Crippen molar-refractivity contribution in [2.75, 3.05) is 0 Å². The van der Waals surface area contributed by atoms with E-state index in [-0.39, 0.29) is 21.1 Å². The molecule has 2 heterocycles. The minimum absolute atomic E-state index is 0. The second kappa shape index (κ2) is 10.5. The van der Waals surface area contributed by atoms with Crippen molar-refractivity contribution in [1.29, 1.82) is 0 Å². The Balaban J connectivity index is 0.00000267. The summed E-state index contributed by atoms with van der Waals surface area (Å²) in [4.78, 5) is 8.57. The summed E-state index contributed by atoms with van der Waals surface area (Å²) in [5.41, 5.74) is 3.15. The zero-order valence-electron chi connectivity index (χ0n) is 18.6. The summed E-state index contributed by atoms with van der Waals surface area (Å²) in [6.45, 7) is 0. The Bertz CT molecular complexity index is 1460. The van der Waals surface area contributed by atoms with Gasteiger partial charge in [0.05, 0.1) is 11.6 Å². The van der Waals surface area contributed by atoms with Crippen LogP contribution in [0.4, 0.5) is 0 Å². The van der Waals surface area contributed by atoms with E-state index in [0.29, 0.717) is 34.5 Å². The molecule has 0 unspecified atom stereocenters. The van der Waals surface area contributed by atoms with Crippen LogP contribution in [0.5, 0.6) is 11.5 Å². The van der Waals surface area contributed by atoms with Crippen LogP contribution in [0, 0.1) is 24.8 Å². The van der Waals surface area contributed by atoms with E-state index < -0.39 is 0 Å². The third-order valence-corrected chi connectivity index (χ3v) is 5.14. The Kier molecular flexibility index (Phi) is 6.82. The molecule has 7 nitrogen and oxygen atoms in total. The van der Waals surface area contributed by atoms with Crippen molar-refractivity contribution in [3.8, 4) is 45.6 Å². The van der Waals surface area contributed by atoms with Crippen LogP contribution in [0.2, 0.25) is 0 Å². The van der Waals surface area contributed by atoms with Gasteiger partial charge in [-0.15, -0.1) is 23.5 Å². The normalized spacial score (nSPS) is 10.6. The SMILES string of the molecule is [Pt+4].[c-]1c(Oc2[c-]c(-n3[c-]nc(-c4ccccc4)n3)ccc2)cccc1-n1[c-]nc(-c2ccccc2)n1. The first kappa shape index (κ1) is 23.4. The summed E-state index contributed by atoms with van der Waals surface area (Å²) in [7, 11) is 0. The van der Waals surface area contributed by atoms with Gasteiger partial charge in [-0.3, -0.25) is 0 Å². The van der Waals surface area contributed by atoms with E-state index in [2.05, 4.69) is 45.0 Å². The van der Waals surface area contributed by atoms with Crippen LogP contribution >= 0.6 is 0 Å². The number of nitrogens with zero attached hydrogens (tertiary/aromatic N) is 6. The van der Waals surface area contributed by atoms with Gasteiger partial charge in [-0.05, 0) is 11.1 Å². The van der Waals surface area contributed by atoms with Crippen LogP contribution in [0.15, 0.2) is 97.1 Å². The molecule has 2 aromatic heterocycles. The first-order valence-corrected chi connectivity index (χ1v) is 10.9. The summed E-state index contributed by atoms with van der Waals surface area (Å²) in [5, 5.41) is 9.03. The first-order valence-electron chi connectivity index (χ1n) is 10.9. The summed E-state index contributed by atoms with van der Waals surface area (Å²) in [6, 6.07) is 37.0. The van der Waals surface area contributed by atoms with E-state index in [4.69, 9.17) is 4.74 Å². The number of hydrogen-bond acceptors (Lipinski definition) is 5. The van der Waals surface area contributed by atoms with E-state index in [0.717, 1.165) is 11.1 Å². The second-order valence-electron chi connectivity index (χ2n) is 7.53. The molecule has 0 saturated carbocycles. The zero-order chi connectivity index (χ0) is 23.5. The van der Waals surface area contributed by atoms with Crippen molar-refractivity contribution in [3.63, 3.8) is 0 Å². The van der Waals surface area contributed by atoms with Crippen molar-refractivity contribution in [1.82, 2.24) is 29.5 Å². The molecule has 0 N–H and O–H groups in total. The van der Waals surface area contributed by atoms with E-state index in [9.17, 15) is 0 Å². The second-order valence-corrected chi connectivity index (χ2v) is 7.53. The van der Waals surface area contributed by atoms with E-state index in [1.165, 1.54) is 0 Å². The van der Waals surface area contributed by atoms with Crippen molar-refractivity contribution in [2.45, 2.75) is 0 Å². The van der Waals surface area contributed by atoms with Gasteiger partial charge in [0.25, 0.3) is 0 Å². The van der Waals surface area contributed by atoms with Crippen LogP contribution in [0.3, 0.4) is 0 Å². The summed E-state index contributed by atoms with van der Waals surface area (Å²) in [6.07, 6.45) is 5.79. The Morgan fingerprint density at radius 3 is 1.42 bits per heavy atom. The predicted molar refractivity (Wildman–Crippen MR) is 129 cm³/mol. The minimum atomic E-state index is 0.